The van der Waals surface area contributed by atoms with E-state index >= 15 is 0 Å². The molecule has 2 heteroatoms. The van der Waals surface area contributed by atoms with Gasteiger partial charge >= 0.3 is 0 Å². The van der Waals surface area contributed by atoms with Crippen molar-refractivity contribution in [2.75, 3.05) is 13.1 Å². The Hall–Kier alpha value is 0.250. The molecular formula is C7H16ClN. The predicted octanol–water partition coefficient (Wildman–Crippen LogP) is 1.67. The lowest BCUT2D eigenvalue weighted by Crippen LogP contribution is -2.33. The molecule has 9 heavy (non-hydrogen) atoms. The van der Waals surface area contributed by atoms with Crippen molar-refractivity contribution in [3.05, 3.63) is 0 Å². The molecule has 1 aliphatic rings. The van der Waals surface area contributed by atoms with Crippen molar-refractivity contribution in [2.45, 2.75) is 20.3 Å². The molecule has 1 rings (SSSR count). The SMILES string of the molecule is CC1CNCC(C)C1.Cl. The third-order valence-corrected chi connectivity index (χ3v) is 1.79. The van der Waals surface area contributed by atoms with Crippen LogP contribution in [-0.4, -0.2) is 13.1 Å². The van der Waals surface area contributed by atoms with Gasteiger partial charge < -0.3 is 5.32 Å². The number of halogens is 1. The van der Waals surface area contributed by atoms with E-state index in [4.69, 9.17) is 0 Å². The Morgan fingerprint density at radius 3 is 1.78 bits per heavy atom. The second-order valence-electron chi connectivity index (χ2n) is 3.10. The van der Waals surface area contributed by atoms with E-state index in [0.717, 1.165) is 11.8 Å². The van der Waals surface area contributed by atoms with Gasteiger partial charge in [0, 0.05) is 0 Å². The van der Waals surface area contributed by atoms with E-state index in [1.165, 1.54) is 19.5 Å². The van der Waals surface area contributed by atoms with E-state index in [0.29, 0.717) is 0 Å². The number of hydrogen-bond acceptors (Lipinski definition) is 1. The van der Waals surface area contributed by atoms with Gasteiger partial charge in [0.25, 0.3) is 0 Å². The summed E-state index contributed by atoms with van der Waals surface area (Å²) in [6.07, 6.45) is 1.41. The summed E-state index contributed by atoms with van der Waals surface area (Å²) >= 11 is 0. The fourth-order valence-electron chi connectivity index (χ4n) is 1.43. The second-order valence-corrected chi connectivity index (χ2v) is 3.10. The number of piperidine rings is 1. The summed E-state index contributed by atoms with van der Waals surface area (Å²) in [7, 11) is 0. The minimum atomic E-state index is 0. The molecule has 1 nitrogen and oxygen atoms in total. The van der Waals surface area contributed by atoms with Crippen molar-refractivity contribution in [3.63, 3.8) is 0 Å². The van der Waals surface area contributed by atoms with Crippen LogP contribution in [0.5, 0.6) is 0 Å². The number of nitrogens with one attached hydrogen (secondary N) is 1. The molecule has 2 unspecified atom stereocenters. The van der Waals surface area contributed by atoms with Crippen molar-refractivity contribution in [3.8, 4) is 0 Å². The molecule has 0 bridgehead atoms. The Morgan fingerprint density at radius 2 is 1.56 bits per heavy atom. The molecular weight excluding hydrogens is 134 g/mol. The quantitative estimate of drug-likeness (QED) is 0.553. The van der Waals surface area contributed by atoms with Gasteiger partial charge in [-0.25, -0.2) is 0 Å². The van der Waals surface area contributed by atoms with Gasteiger partial charge in [-0.1, -0.05) is 13.8 Å². The summed E-state index contributed by atoms with van der Waals surface area (Å²) < 4.78 is 0. The van der Waals surface area contributed by atoms with Crippen LogP contribution in [-0.2, 0) is 0 Å². The molecule has 1 heterocycles. The van der Waals surface area contributed by atoms with Crippen LogP contribution < -0.4 is 5.32 Å². The van der Waals surface area contributed by atoms with Crippen molar-refractivity contribution in [2.24, 2.45) is 11.8 Å². The molecule has 0 aromatic heterocycles. The van der Waals surface area contributed by atoms with Crippen LogP contribution in [0.4, 0.5) is 0 Å². The molecule has 0 spiro atoms. The predicted molar refractivity (Wildman–Crippen MR) is 43.1 cm³/mol. The van der Waals surface area contributed by atoms with E-state index in [1.54, 1.807) is 0 Å². The number of hydrogen-bond donors (Lipinski definition) is 1. The van der Waals surface area contributed by atoms with Gasteiger partial charge in [0.15, 0.2) is 0 Å². The zero-order chi connectivity index (χ0) is 5.98. The van der Waals surface area contributed by atoms with Crippen LogP contribution in [0.1, 0.15) is 20.3 Å². The standard InChI is InChI=1S/C7H15N.ClH/c1-6-3-7(2)5-8-4-6;/h6-8H,3-5H2,1-2H3;1H. The Kier molecular flexibility index (Phi) is 4.24. The van der Waals surface area contributed by atoms with Crippen LogP contribution in [0.2, 0.25) is 0 Å². The van der Waals surface area contributed by atoms with Crippen LogP contribution in [0.25, 0.3) is 0 Å². The molecule has 0 aliphatic carbocycles. The van der Waals surface area contributed by atoms with E-state index in [1.807, 2.05) is 0 Å². The summed E-state index contributed by atoms with van der Waals surface area (Å²) in [5, 5.41) is 3.38. The zero-order valence-corrected chi connectivity index (χ0v) is 7.00. The minimum absolute atomic E-state index is 0. The molecule has 0 saturated carbocycles. The Morgan fingerprint density at radius 1 is 1.11 bits per heavy atom. The molecule has 1 fully saturated rings. The Labute approximate surface area is 63.6 Å². The smallest absolute Gasteiger partial charge is 0.00229 e. The van der Waals surface area contributed by atoms with Crippen LogP contribution in [0.3, 0.4) is 0 Å². The normalized spacial score (nSPS) is 35.3. The highest BCUT2D eigenvalue weighted by Crippen LogP contribution is 2.13. The first-order chi connectivity index (χ1) is 3.79. The average Bonchev–Trinajstić information content (AvgIpc) is 1.64. The third kappa shape index (κ3) is 3.07. The second kappa shape index (κ2) is 4.13. The van der Waals surface area contributed by atoms with E-state index in [-0.39, 0.29) is 12.4 Å². The lowest BCUT2D eigenvalue weighted by Gasteiger charge is -2.24. The maximum Gasteiger partial charge on any atom is -0.00229 e. The maximum atomic E-state index is 3.38. The molecule has 0 aromatic rings. The summed E-state index contributed by atoms with van der Waals surface area (Å²) in [5.74, 6) is 1.80. The highest BCUT2D eigenvalue weighted by Gasteiger charge is 2.12. The van der Waals surface area contributed by atoms with Gasteiger partial charge in [-0.15, -0.1) is 12.4 Å². The van der Waals surface area contributed by atoms with Gasteiger partial charge in [0.05, 0.1) is 0 Å². The summed E-state index contributed by atoms with van der Waals surface area (Å²) in [6.45, 7) is 7.07. The van der Waals surface area contributed by atoms with Gasteiger partial charge in [-0.2, -0.15) is 0 Å². The fourth-order valence-corrected chi connectivity index (χ4v) is 1.43. The maximum absolute atomic E-state index is 3.38. The summed E-state index contributed by atoms with van der Waals surface area (Å²) in [4.78, 5) is 0. The molecule has 0 amide bonds. The monoisotopic (exact) mass is 149 g/mol. The lowest BCUT2D eigenvalue weighted by atomic mass is 9.94. The molecule has 1 saturated heterocycles. The zero-order valence-electron chi connectivity index (χ0n) is 6.18. The van der Waals surface area contributed by atoms with Crippen molar-refractivity contribution in [1.29, 1.82) is 0 Å². The van der Waals surface area contributed by atoms with Crippen LogP contribution >= 0.6 is 12.4 Å². The Bertz CT molecular complexity index is 67.3. The van der Waals surface area contributed by atoms with Gasteiger partial charge in [0.1, 0.15) is 0 Å². The molecule has 0 aromatic carbocycles. The first-order valence-corrected chi connectivity index (χ1v) is 3.49. The Balaban J connectivity index is 0.000000640. The van der Waals surface area contributed by atoms with Crippen molar-refractivity contribution < 1.29 is 0 Å². The highest BCUT2D eigenvalue weighted by atomic mass is 35.5. The van der Waals surface area contributed by atoms with E-state index in [2.05, 4.69) is 19.2 Å². The van der Waals surface area contributed by atoms with Crippen LogP contribution in [0.15, 0.2) is 0 Å². The molecule has 1 N–H and O–H groups in total. The molecule has 1 aliphatic heterocycles. The van der Waals surface area contributed by atoms with Gasteiger partial charge in [-0.05, 0) is 31.3 Å². The lowest BCUT2D eigenvalue weighted by molar-refractivity contribution is 0.321. The third-order valence-electron chi connectivity index (χ3n) is 1.79. The average molecular weight is 150 g/mol. The topological polar surface area (TPSA) is 12.0 Å². The fraction of sp³-hybridized carbons (Fsp3) is 1.00. The first-order valence-electron chi connectivity index (χ1n) is 3.49. The largest absolute Gasteiger partial charge is 0.316 e. The van der Waals surface area contributed by atoms with Crippen LogP contribution in [0, 0.1) is 11.8 Å². The van der Waals surface area contributed by atoms with E-state index in [9.17, 15) is 0 Å². The number of rotatable bonds is 0. The molecule has 56 valence electrons. The van der Waals surface area contributed by atoms with Crippen molar-refractivity contribution in [1.82, 2.24) is 5.32 Å². The minimum Gasteiger partial charge on any atom is -0.316 e. The highest BCUT2D eigenvalue weighted by molar-refractivity contribution is 5.85. The molecule has 2 atom stereocenters. The van der Waals surface area contributed by atoms with Gasteiger partial charge in [-0.3, -0.25) is 0 Å². The summed E-state index contributed by atoms with van der Waals surface area (Å²) in [6, 6.07) is 0. The van der Waals surface area contributed by atoms with Gasteiger partial charge in [0.2, 0.25) is 0 Å². The molecule has 0 radical (unpaired) electrons. The first kappa shape index (κ1) is 9.25. The summed E-state index contributed by atoms with van der Waals surface area (Å²) in [5.41, 5.74) is 0. The van der Waals surface area contributed by atoms with Crippen molar-refractivity contribution >= 4 is 12.4 Å². The van der Waals surface area contributed by atoms with E-state index < -0.39 is 0 Å².